The second-order valence-electron chi connectivity index (χ2n) is 5.56. The monoisotopic (exact) mass is 316 g/mol. The van der Waals surface area contributed by atoms with Gasteiger partial charge in [-0.25, -0.2) is 0 Å². The van der Waals surface area contributed by atoms with Crippen molar-refractivity contribution in [2.45, 2.75) is 41.5 Å². The molecule has 0 saturated carbocycles. The molecule has 0 aromatic heterocycles. The van der Waals surface area contributed by atoms with Crippen LogP contribution in [-0.2, 0) is 0 Å². The fourth-order valence-electron chi connectivity index (χ4n) is 1.58. The molecule has 2 heteroatoms. The minimum Gasteiger partial charge on any atom is -0.497 e. The number of ether oxygens (including phenoxy) is 1. The van der Waals surface area contributed by atoms with Gasteiger partial charge in [0.15, 0.2) is 5.78 Å². The van der Waals surface area contributed by atoms with Crippen LogP contribution < -0.4 is 4.74 Å². The summed E-state index contributed by atoms with van der Waals surface area (Å²) in [6, 6.07) is 5.48. The van der Waals surface area contributed by atoms with Crippen molar-refractivity contribution >= 4 is 11.4 Å². The predicted octanol–water partition coefficient (Wildman–Crippen LogP) is 6.34. The molecule has 0 amide bonds. The van der Waals surface area contributed by atoms with Gasteiger partial charge in [-0.2, -0.15) is 0 Å². The van der Waals surface area contributed by atoms with Crippen LogP contribution in [0, 0.1) is 5.92 Å². The molecule has 0 aliphatic heterocycles. The molecule has 0 N–H and O–H groups in total. The Morgan fingerprint density at radius 3 is 1.91 bits per heavy atom. The lowest BCUT2D eigenvalue weighted by molar-refractivity contribution is 0.101. The fourth-order valence-corrected chi connectivity index (χ4v) is 1.58. The van der Waals surface area contributed by atoms with Gasteiger partial charge in [-0.05, 0) is 56.0 Å². The fraction of sp³-hybridized carbons (Fsp3) is 0.381. The number of rotatable bonds is 4. The number of benzene rings is 1. The molecule has 1 rings (SSSR count). The maximum atomic E-state index is 11.6. The second kappa shape index (κ2) is 13.6. The van der Waals surface area contributed by atoms with Crippen LogP contribution in [0.3, 0.4) is 0 Å². The highest BCUT2D eigenvalue weighted by Gasteiger charge is 2.10. The SMILES string of the molecule is C=C/C(=C\C)c1ccc(OC)cc1C(C)=O.C=CC.CC(C)C. The van der Waals surface area contributed by atoms with Gasteiger partial charge in [0, 0.05) is 5.56 Å². The molecule has 1 aromatic rings. The van der Waals surface area contributed by atoms with E-state index >= 15 is 0 Å². The Labute approximate surface area is 142 Å². The standard InChI is InChI=1S/C14H16O2.C4H10.C3H6/c1-5-11(6-2)13-8-7-12(16-4)9-14(13)10(3)15;1-4(2)3;1-3-2/h5-9H,1H2,2-4H3;4H,1-3H3;3H,1H2,2H3/b11-6+;;. The van der Waals surface area contributed by atoms with E-state index in [1.165, 1.54) is 0 Å². The molecule has 0 unspecified atom stereocenters. The van der Waals surface area contributed by atoms with Gasteiger partial charge in [-0.3, -0.25) is 4.79 Å². The van der Waals surface area contributed by atoms with Crippen molar-refractivity contribution < 1.29 is 9.53 Å². The molecule has 0 aliphatic carbocycles. The number of carbonyl (C=O) groups is 1. The van der Waals surface area contributed by atoms with Crippen molar-refractivity contribution in [3.05, 3.63) is 60.7 Å². The van der Waals surface area contributed by atoms with Crippen molar-refractivity contribution in [1.82, 2.24) is 0 Å². The Balaban J connectivity index is 0. The molecule has 0 atom stereocenters. The van der Waals surface area contributed by atoms with Gasteiger partial charge < -0.3 is 4.74 Å². The van der Waals surface area contributed by atoms with Crippen LogP contribution in [0.1, 0.15) is 57.5 Å². The molecule has 128 valence electrons. The Hall–Kier alpha value is -2.09. The lowest BCUT2D eigenvalue weighted by Crippen LogP contribution is -1.99. The lowest BCUT2D eigenvalue weighted by atomic mass is 9.97. The summed E-state index contributed by atoms with van der Waals surface area (Å²) in [5.74, 6) is 1.54. The van der Waals surface area contributed by atoms with Gasteiger partial charge in [0.2, 0.25) is 0 Å². The molecule has 0 saturated heterocycles. The van der Waals surface area contributed by atoms with E-state index in [2.05, 4.69) is 33.9 Å². The topological polar surface area (TPSA) is 26.3 Å². The number of methoxy groups -OCH3 is 1. The van der Waals surface area contributed by atoms with Crippen LogP contribution in [0.2, 0.25) is 0 Å². The number of ketones is 1. The summed E-state index contributed by atoms with van der Waals surface area (Å²) >= 11 is 0. The van der Waals surface area contributed by atoms with Crippen LogP contribution in [0.25, 0.3) is 5.57 Å². The van der Waals surface area contributed by atoms with Crippen LogP contribution in [0.5, 0.6) is 5.75 Å². The zero-order valence-electron chi connectivity index (χ0n) is 15.8. The third-order valence-corrected chi connectivity index (χ3v) is 2.45. The first-order valence-corrected chi connectivity index (χ1v) is 7.84. The summed E-state index contributed by atoms with van der Waals surface area (Å²) < 4.78 is 5.11. The second-order valence-corrected chi connectivity index (χ2v) is 5.56. The average molecular weight is 316 g/mol. The number of Topliss-reactive ketones (excluding diaryl/α,β-unsaturated/α-hetero) is 1. The average Bonchev–Trinajstić information content (AvgIpc) is 2.48. The first-order chi connectivity index (χ1) is 10.8. The molecule has 2 nitrogen and oxygen atoms in total. The van der Waals surface area contributed by atoms with Gasteiger partial charge in [0.05, 0.1) is 7.11 Å². The summed E-state index contributed by atoms with van der Waals surface area (Å²) in [6.07, 6.45) is 5.43. The van der Waals surface area contributed by atoms with E-state index in [9.17, 15) is 4.79 Å². The zero-order valence-corrected chi connectivity index (χ0v) is 15.8. The summed E-state index contributed by atoms with van der Waals surface area (Å²) in [7, 11) is 1.59. The molecule has 0 fully saturated rings. The molecule has 0 aliphatic rings. The van der Waals surface area contributed by atoms with Crippen molar-refractivity contribution in [1.29, 1.82) is 0 Å². The summed E-state index contributed by atoms with van der Waals surface area (Å²) in [5, 5.41) is 0. The van der Waals surface area contributed by atoms with Crippen molar-refractivity contribution in [2.24, 2.45) is 5.92 Å². The van der Waals surface area contributed by atoms with Gasteiger partial charge in [-0.1, -0.05) is 45.6 Å². The van der Waals surface area contributed by atoms with Crippen LogP contribution >= 0.6 is 0 Å². The predicted molar refractivity (Wildman–Crippen MR) is 103 cm³/mol. The van der Waals surface area contributed by atoms with Crippen molar-refractivity contribution in [2.75, 3.05) is 7.11 Å². The Bertz CT molecular complexity index is 520. The smallest absolute Gasteiger partial charge is 0.160 e. The highest BCUT2D eigenvalue weighted by Crippen LogP contribution is 2.25. The van der Waals surface area contributed by atoms with E-state index in [0.717, 1.165) is 17.1 Å². The Morgan fingerprint density at radius 2 is 1.61 bits per heavy atom. The Morgan fingerprint density at radius 1 is 1.13 bits per heavy atom. The number of hydrogen-bond acceptors (Lipinski definition) is 2. The van der Waals surface area contributed by atoms with E-state index in [0.29, 0.717) is 11.3 Å². The quantitative estimate of drug-likeness (QED) is 0.368. The molecular formula is C21H32O2. The first kappa shape index (κ1) is 23.2. The lowest BCUT2D eigenvalue weighted by Gasteiger charge is -2.09. The van der Waals surface area contributed by atoms with E-state index < -0.39 is 0 Å². The minimum atomic E-state index is 0.0232. The molecule has 23 heavy (non-hydrogen) atoms. The van der Waals surface area contributed by atoms with Gasteiger partial charge in [-0.15, -0.1) is 6.58 Å². The number of carbonyl (C=O) groups excluding carboxylic acids is 1. The third-order valence-electron chi connectivity index (χ3n) is 2.45. The summed E-state index contributed by atoms with van der Waals surface area (Å²) in [5.41, 5.74) is 2.51. The van der Waals surface area contributed by atoms with Crippen molar-refractivity contribution in [3.63, 3.8) is 0 Å². The van der Waals surface area contributed by atoms with Gasteiger partial charge >= 0.3 is 0 Å². The summed E-state index contributed by atoms with van der Waals surface area (Å²) in [6.45, 7) is 19.0. The maximum Gasteiger partial charge on any atom is 0.160 e. The van der Waals surface area contributed by atoms with E-state index in [-0.39, 0.29) is 5.78 Å². The number of hydrogen-bond donors (Lipinski definition) is 0. The van der Waals surface area contributed by atoms with Crippen LogP contribution in [0.4, 0.5) is 0 Å². The van der Waals surface area contributed by atoms with E-state index in [1.807, 2.05) is 32.1 Å². The molecule has 1 aromatic carbocycles. The molecule has 0 bridgehead atoms. The molecular weight excluding hydrogens is 284 g/mol. The highest BCUT2D eigenvalue weighted by atomic mass is 16.5. The Kier molecular flexibility index (Phi) is 13.7. The van der Waals surface area contributed by atoms with Crippen LogP contribution in [0.15, 0.2) is 49.6 Å². The third kappa shape index (κ3) is 10.3. The minimum absolute atomic E-state index is 0.0232. The van der Waals surface area contributed by atoms with Crippen LogP contribution in [-0.4, -0.2) is 12.9 Å². The zero-order chi connectivity index (χ0) is 18.4. The summed E-state index contributed by atoms with van der Waals surface area (Å²) in [4.78, 5) is 11.6. The largest absolute Gasteiger partial charge is 0.497 e. The van der Waals surface area contributed by atoms with E-state index in [4.69, 9.17) is 4.74 Å². The first-order valence-electron chi connectivity index (χ1n) is 7.84. The normalized spacial score (nSPS) is 9.83. The molecule has 0 spiro atoms. The molecule has 0 radical (unpaired) electrons. The van der Waals surface area contributed by atoms with E-state index in [1.54, 1.807) is 32.3 Å². The molecule has 0 heterocycles. The maximum absolute atomic E-state index is 11.6. The van der Waals surface area contributed by atoms with Gasteiger partial charge in [0.1, 0.15) is 5.75 Å². The van der Waals surface area contributed by atoms with Gasteiger partial charge in [0.25, 0.3) is 0 Å². The van der Waals surface area contributed by atoms with Crippen molar-refractivity contribution in [3.8, 4) is 5.75 Å². The highest BCUT2D eigenvalue weighted by molar-refractivity contribution is 6.00. The number of allylic oxidation sites excluding steroid dienone is 4.